The summed E-state index contributed by atoms with van der Waals surface area (Å²) in [5.74, 6) is -0.476. The minimum absolute atomic E-state index is 0.0638. The van der Waals surface area contributed by atoms with Gasteiger partial charge in [-0.05, 0) is 42.5 Å². The highest BCUT2D eigenvalue weighted by Crippen LogP contribution is 2.28. The Morgan fingerprint density at radius 1 is 1.00 bits per heavy atom. The largest absolute Gasteiger partial charge is 0.376 e. The minimum Gasteiger partial charge on any atom is -0.376 e. The van der Waals surface area contributed by atoms with Crippen molar-refractivity contribution in [3.05, 3.63) is 52.5 Å². The molecule has 2 aromatic carbocycles. The summed E-state index contributed by atoms with van der Waals surface area (Å²) in [6, 6.07) is 10.9. The van der Waals surface area contributed by atoms with E-state index in [9.17, 15) is 13.2 Å². The third-order valence-corrected chi connectivity index (χ3v) is 5.91. The van der Waals surface area contributed by atoms with Crippen LogP contribution in [0.25, 0.3) is 0 Å². The molecule has 0 aliphatic carbocycles. The standard InChI is InChI=1S/C17H19Cl2N3O3S/c1-21(2)16-9-6-13(19)10-15(16)20-17(23)11-22(3)26(24,25)14-7-4-12(18)5-8-14/h4-10H,11H2,1-3H3,(H,20,23). The van der Waals surface area contributed by atoms with E-state index >= 15 is 0 Å². The van der Waals surface area contributed by atoms with Crippen LogP contribution in [-0.4, -0.2) is 46.3 Å². The number of sulfonamides is 1. The molecule has 9 heteroatoms. The monoisotopic (exact) mass is 415 g/mol. The van der Waals surface area contributed by atoms with Crippen LogP contribution in [-0.2, 0) is 14.8 Å². The number of hydrogen-bond donors (Lipinski definition) is 1. The van der Waals surface area contributed by atoms with Crippen molar-refractivity contribution < 1.29 is 13.2 Å². The second-order valence-corrected chi connectivity index (χ2v) is 8.74. The second kappa shape index (κ2) is 8.26. The van der Waals surface area contributed by atoms with Crippen LogP contribution in [0.3, 0.4) is 0 Å². The van der Waals surface area contributed by atoms with Gasteiger partial charge in [-0.15, -0.1) is 0 Å². The van der Waals surface area contributed by atoms with Gasteiger partial charge in [0, 0.05) is 31.2 Å². The lowest BCUT2D eigenvalue weighted by atomic mass is 10.2. The smallest absolute Gasteiger partial charge is 0.243 e. The number of nitrogens with zero attached hydrogens (tertiary/aromatic N) is 2. The topological polar surface area (TPSA) is 69.7 Å². The maximum atomic E-state index is 12.5. The molecule has 0 bridgehead atoms. The molecule has 6 nitrogen and oxygen atoms in total. The number of nitrogens with one attached hydrogen (secondary N) is 1. The van der Waals surface area contributed by atoms with Gasteiger partial charge >= 0.3 is 0 Å². The average Bonchev–Trinajstić information content (AvgIpc) is 2.54. The lowest BCUT2D eigenvalue weighted by Gasteiger charge is -2.20. The lowest BCUT2D eigenvalue weighted by Crippen LogP contribution is -2.35. The van der Waals surface area contributed by atoms with Gasteiger partial charge in [-0.1, -0.05) is 23.2 Å². The van der Waals surface area contributed by atoms with Gasteiger partial charge in [-0.2, -0.15) is 4.31 Å². The first-order valence-corrected chi connectivity index (χ1v) is 9.79. The summed E-state index contributed by atoms with van der Waals surface area (Å²) >= 11 is 11.8. The number of carbonyl (C=O) groups is 1. The van der Waals surface area contributed by atoms with E-state index in [2.05, 4.69) is 5.32 Å². The van der Waals surface area contributed by atoms with Crippen LogP contribution >= 0.6 is 23.2 Å². The van der Waals surface area contributed by atoms with E-state index in [1.807, 2.05) is 19.0 Å². The van der Waals surface area contributed by atoms with Gasteiger partial charge in [-0.25, -0.2) is 8.42 Å². The molecule has 0 fully saturated rings. The van der Waals surface area contributed by atoms with Crippen molar-refractivity contribution in [2.24, 2.45) is 0 Å². The molecule has 0 atom stereocenters. The summed E-state index contributed by atoms with van der Waals surface area (Å²) in [5, 5.41) is 3.60. The summed E-state index contributed by atoms with van der Waals surface area (Å²) in [5.41, 5.74) is 1.26. The number of benzene rings is 2. The fourth-order valence-electron chi connectivity index (χ4n) is 2.26. The molecular formula is C17H19Cl2N3O3S. The number of amides is 1. The highest BCUT2D eigenvalue weighted by atomic mass is 35.5. The van der Waals surface area contributed by atoms with Crippen molar-refractivity contribution in [2.75, 3.05) is 37.9 Å². The molecule has 0 aromatic heterocycles. The molecule has 0 saturated carbocycles. The number of carbonyl (C=O) groups excluding carboxylic acids is 1. The Morgan fingerprint density at radius 2 is 1.58 bits per heavy atom. The Labute approximate surface area is 163 Å². The van der Waals surface area contributed by atoms with Crippen LogP contribution in [0.15, 0.2) is 47.4 Å². The summed E-state index contributed by atoms with van der Waals surface area (Å²) in [4.78, 5) is 14.2. The molecule has 2 aromatic rings. The van der Waals surface area contributed by atoms with Crippen molar-refractivity contribution in [1.29, 1.82) is 0 Å². The van der Waals surface area contributed by atoms with Crippen molar-refractivity contribution in [3.63, 3.8) is 0 Å². The molecular weight excluding hydrogens is 397 g/mol. The van der Waals surface area contributed by atoms with E-state index in [1.54, 1.807) is 18.2 Å². The average molecular weight is 416 g/mol. The predicted molar refractivity (Wildman–Crippen MR) is 106 cm³/mol. The molecule has 0 aliphatic rings. The van der Waals surface area contributed by atoms with E-state index in [-0.39, 0.29) is 11.4 Å². The first-order valence-electron chi connectivity index (χ1n) is 7.60. The fraction of sp³-hybridized carbons (Fsp3) is 0.235. The van der Waals surface area contributed by atoms with Crippen molar-refractivity contribution in [1.82, 2.24) is 4.31 Å². The molecule has 1 amide bonds. The lowest BCUT2D eigenvalue weighted by molar-refractivity contribution is -0.116. The minimum atomic E-state index is -3.80. The van der Waals surface area contributed by atoms with Gasteiger partial charge in [0.1, 0.15) is 0 Å². The maximum Gasteiger partial charge on any atom is 0.243 e. The number of anilines is 2. The molecule has 0 unspecified atom stereocenters. The van der Waals surface area contributed by atoms with Crippen LogP contribution < -0.4 is 10.2 Å². The van der Waals surface area contributed by atoms with Gasteiger partial charge in [-0.3, -0.25) is 4.79 Å². The third-order valence-electron chi connectivity index (χ3n) is 3.60. The first kappa shape index (κ1) is 20.5. The van der Waals surface area contributed by atoms with Gasteiger partial charge in [0.15, 0.2) is 0 Å². The highest BCUT2D eigenvalue weighted by molar-refractivity contribution is 7.89. The van der Waals surface area contributed by atoms with E-state index in [0.29, 0.717) is 15.7 Å². The number of halogens is 2. The molecule has 26 heavy (non-hydrogen) atoms. The number of hydrogen-bond acceptors (Lipinski definition) is 4. The second-order valence-electron chi connectivity index (χ2n) is 5.82. The summed E-state index contributed by atoms with van der Waals surface area (Å²) in [7, 11) is 1.20. The molecule has 0 saturated heterocycles. The Balaban J connectivity index is 2.15. The molecule has 0 radical (unpaired) electrons. The van der Waals surface area contributed by atoms with Crippen LogP contribution in [0.2, 0.25) is 10.0 Å². The van der Waals surface area contributed by atoms with Crippen LogP contribution in [0.5, 0.6) is 0 Å². The Bertz CT molecular complexity index is 900. The van der Waals surface area contributed by atoms with Crippen LogP contribution in [0, 0.1) is 0 Å². The Morgan fingerprint density at radius 3 is 2.15 bits per heavy atom. The van der Waals surface area contributed by atoms with Gasteiger partial charge in [0.2, 0.25) is 15.9 Å². The molecule has 2 rings (SSSR count). The summed E-state index contributed by atoms with van der Waals surface area (Å²) in [6.45, 7) is -0.343. The first-order chi connectivity index (χ1) is 12.1. The quantitative estimate of drug-likeness (QED) is 0.785. The van der Waals surface area contributed by atoms with Crippen molar-refractivity contribution in [3.8, 4) is 0 Å². The zero-order valence-electron chi connectivity index (χ0n) is 14.5. The van der Waals surface area contributed by atoms with Gasteiger partial charge < -0.3 is 10.2 Å². The van der Waals surface area contributed by atoms with Crippen LogP contribution in [0.1, 0.15) is 0 Å². The van der Waals surface area contributed by atoms with Gasteiger partial charge in [0.25, 0.3) is 0 Å². The van der Waals surface area contributed by atoms with Gasteiger partial charge in [0.05, 0.1) is 22.8 Å². The molecule has 140 valence electrons. The number of likely N-dealkylation sites (N-methyl/N-ethyl adjacent to an activating group) is 1. The normalized spacial score (nSPS) is 11.5. The SMILES string of the molecule is CN(C)c1ccc(Cl)cc1NC(=O)CN(C)S(=O)(=O)c1ccc(Cl)cc1. The summed E-state index contributed by atoms with van der Waals surface area (Å²) in [6.07, 6.45) is 0. The summed E-state index contributed by atoms with van der Waals surface area (Å²) < 4.78 is 26.0. The van der Waals surface area contributed by atoms with Crippen molar-refractivity contribution in [2.45, 2.75) is 4.90 Å². The fourth-order valence-corrected chi connectivity index (χ4v) is 3.69. The Kier molecular flexibility index (Phi) is 6.52. The highest BCUT2D eigenvalue weighted by Gasteiger charge is 2.23. The number of rotatable bonds is 6. The molecule has 0 spiro atoms. The maximum absolute atomic E-state index is 12.5. The molecule has 0 heterocycles. The van der Waals surface area contributed by atoms with Crippen LogP contribution in [0.4, 0.5) is 11.4 Å². The van der Waals surface area contributed by atoms with E-state index in [1.165, 1.54) is 31.3 Å². The zero-order chi connectivity index (χ0) is 19.5. The third kappa shape index (κ3) is 4.88. The van der Waals surface area contributed by atoms with Crippen molar-refractivity contribution >= 4 is 50.5 Å². The van der Waals surface area contributed by atoms with E-state index in [0.717, 1.165) is 9.99 Å². The zero-order valence-corrected chi connectivity index (χ0v) is 16.9. The molecule has 1 N–H and O–H groups in total. The predicted octanol–water partition coefficient (Wildman–Crippen LogP) is 3.32. The van der Waals surface area contributed by atoms with E-state index in [4.69, 9.17) is 23.2 Å². The molecule has 0 aliphatic heterocycles. The van der Waals surface area contributed by atoms with E-state index < -0.39 is 15.9 Å². The Hall–Kier alpha value is -1.80.